The van der Waals surface area contributed by atoms with E-state index < -0.39 is 0 Å². The van der Waals surface area contributed by atoms with Crippen molar-refractivity contribution in [2.75, 3.05) is 6.54 Å². The third-order valence-electron chi connectivity index (χ3n) is 3.42. The number of Topliss-reactive ketones (excluding diaryl/α,β-unsaturated/α-hetero) is 1. The van der Waals surface area contributed by atoms with Crippen LogP contribution in [0.4, 0.5) is 4.79 Å². The molecule has 0 saturated carbocycles. The minimum Gasteiger partial charge on any atom is -0.410 e. The standard InChI is InChI=1S/C15H19NO3/c1-11(2)14-10-12(17)8-9-16(14)15(18)19-13-6-4-3-5-7-13/h3-7,11,14H,8-10H2,1-2H3/t14-/m0/s1. The number of para-hydroxylation sites is 1. The van der Waals surface area contributed by atoms with Crippen molar-refractivity contribution in [2.24, 2.45) is 5.92 Å². The van der Waals surface area contributed by atoms with Gasteiger partial charge in [0.05, 0.1) is 0 Å². The predicted molar refractivity (Wildman–Crippen MR) is 72.0 cm³/mol. The fraction of sp³-hybridized carbons (Fsp3) is 0.467. The van der Waals surface area contributed by atoms with Gasteiger partial charge in [-0.3, -0.25) is 4.79 Å². The molecule has 1 aliphatic heterocycles. The summed E-state index contributed by atoms with van der Waals surface area (Å²) in [6.07, 6.45) is 0.492. The lowest BCUT2D eigenvalue weighted by atomic mass is 9.92. The summed E-state index contributed by atoms with van der Waals surface area (Å²) >= 11 is 0. The fourth-order valence-electron chi connectivity index (χ4n) is 2.33. The van der Waals surface area contributed by atoms with Crippen LogP contribution in [-0.4, -0.2) is 29.4 Å². The van der Waals surface area contributed by atoms with Crippen molar-refractivity contribution in [3.63, 3.8) is 0 Å². The van der Waals surface area contributed by atoms with E-state index in [-0.39, 0.29) is 23.8 Å². The van der Waals surface area contributed by atoms with Gasteiger partial charge in [-0.05, 0) is 18.1 Å². The van der Waals surface area contributed by atoms with Gasteiger partial charge in [0.2, 0.25) is 0 Å². The molecule has 1 aliphatic rings. The first-order chi connectivity index (χ1) is 9.08. The zero-order valence-corrected chi connectivity index (χ0v) is 11.3. The van der Waals surface area contributed by atoms with Gasteiger partial charge in [-0.1, -0.05) is 32.0 Å². The highest BCUT2D eigenvalue weighted by atomic mass is 16.6. The van der Waals surface area contributed by atoms with Crippen molar-refractivity contribution in [3.05, 3.63) is 30.3 Å². The molecule has 1 amide bonds. The summed E-state index contributed by atoms with van der Waals surface area (Å²) in [6, 6.07) is 8.95. The second-order valence-corrected chi connectivity index (χ2v) is 5.18. The van der Waals surface area contributed by atoms with E-state index in [1.54, 1.807) is 17.0 Å². The molecular weight excluding hydrogens is 242 g/mol. The Labute approximate surface area is 113 Å². The highest BCUT2D eigenvalue weighted by Crippen LogP contribution is 2.22. The number of amides is 1. The first-order valence-electron chi connectivity index (χ1n) is 6.63. The molecule has 0 spiro atoms. The molecule has 4 heteroatoms. The quantitative estimate of drug-likeness (QED) is 0.822. The Hall–Kier alpha value is -1.84. The van der Waals surface area contributed by atoms with Crippen LogP contribution >= 0.6 is 0 Å². The van der Waals surface area contributed by atoms with Crippen LogP contribution in [0.5, 0.6) is 5.75 Å². The number of likely N-dealkylation sites (tertiary alicyclic amines) is 1. The lowest BCUT2D eigenvalue weighted by Gasteiger charge is -2.36. The van der Waals surface area contributed by atoms with Crippen molar-refractivity contribution in [1.29, 1.82) is 0 Å². The number of benzene rings is 1. The first kappa shape index (κ1) is 13.6. The van der Waals surface area contributed by atoms with E-state index in [0.717, 1.165) is 0 Å². The van der Waals surface area contributed by atoms with Crippen LogP contribution in [0.3, 0.4) is 0 Å². The lowest BCUT2D eigenvalue weighted by Crippen LogP contribution is -2.49. The Bertz CT molecular complexity index is 456. The van der Waals surface area contributed by atoms with Crippen molar-refractivity contribution in [3.8, 4) is 5.75 Å². The summed E-state index contributed by atoms with van der Waals surface area (Å²) in [5.74, 6) is 1.00. The maximum atomic E-state index is 12.2. The minimum atomic E-state index is -0.364. The normalized spacial score (nSPS) is 19.6. The molecule has 1 aromatic rings. The van der Waals surface area contributed by atoms with Crippen LogP contribution in [0.2, 0.25) is 0 Å². The topological polar surface area (TPSA) is 46.6 Å². The number of hydrogen-bond acceptors (Lipinski definition) is 3. The summed E-state index contributed by atoms with van der Waals surface area (Å²) in [6.45, 7) is 4.49. The average molecular weight is 261 g/mol. The number of nitrogens with zero attached hydrogens (tertiary/aromatic N) is 1. The van der Waals surface area contributed by atoms with E-state index in [4.69, 9.17) is 4.74 Å². The number of carbonyl (C=O) groups excluding carboxylic acids is 2. The monoisotopic (exact) mass is 261 g/mol. The zero-order chi connectivity index (χ0) is 13.8. The Balaban J connectivity index is 2.06. The third-order valence-corrected chi connectivity index (χ3v) is 3.42. The maximum Gasteiger partial charge on any atom is 0.415 e. The molecule has 0 aliphatic carbocycles. The van der Waals surface area contributed by atoms with Gasteiger partial charge in [-0.25, -0.2) is 4.79 Å². The molecule has 1 fully saturated rings. The maximum absolute atomic E-state index is 12.2. The fourth-order valence-corrected chi connectivity index (χ4v) is 2.33. The largest absolute Gasteiger partial charge is 0.415 e. The highest BCUT2D eigenvalue weighted by Gasteiger charge is 2.33. The second-order valence-electron chi connectivity index (χ2n) is 5.18. The molecule has 0 unspecified atom stereocenters. The molecule has 4 nitrogen and oxygen atoms in total. The zero-order valence-electron chi connectivity index (χ0n) is 11.3. The van der Waals surface area contributed by atoms with Gasteiger partial charge >= 0.3 is 6.09 Å². The van der Waals surface area contributed by atoms with Gasteiger partial charge < -0.3 is 9.64 Å². The van der Waals surface area contributed by atoms with E-state index in [1.165, 1.54) is 0 Å². The Morgan fingerprint density at radius 1 is 1.32 bits per heavy atom. The van der Waals surface area contributed by atoms with Crippen molar-refractivity contribution in [2.45, 2.75) is 32.7 Å². The smallest absolute Gasteiger partial charge is 0.410 e. The number of ketones is 1. The van der Waals surface area contributed by atoms with Crippen LogP contribution in [0, 0.1) is 5.92 Å². The molecule has 0 aromatic heterocycles. The molecule has 0 N–H and O–H groups in total. The Morgan fingerprint density at radius 2 is 2.00 bits per heavy atom. The number of hydrogen-bond donors (Lipinski definition) is 0. The van der Waals surface area contributed by atoms with Gasteiger partial charge in [0, 0.05) is 25.4 Å². The molecule has 2 rings (SSSR count). The second kappa shape index (κ2) is 5.87. The molecular formula is C15H19NO3. The minimum absolute atomic E-state index is 0.0579. The van der Waals surface area contributed by atoms with Crippen LogP contribution in [0.15, 0.2) is 30.3 Å². The van der Waals surface area contributed by atoms with Crippen LogP contribution in [-0.2, 0) is 4.79 Å². The Morgan fingerprint density at radius 3 is 2.63 bits per heavy atom. The summed E-state index contributed by atoms with van der Waals surface area (Å²) in [5, 5.41) is 0. The Kier molecular flexibility index (Phi) is 4.20. The number of ether oxygens (including phenoxy) is 1. The van der Waals surface area contributed by atoms with E-state index in [0.29, 0.717) is 25.1 Å². The lowest BCUT2D eigenvalue weighted by molar-refractivity contribution is -0.123. The molecule has 1 atom stereocenters. The van der Waals surface area contributed by atoms with E-state index in [9.17, 15) is 9.59 Å². The van der Waals surface area contributed by atoms with Gasteiger partial charge in [0.15, 0.2) is 0 Å². The average Bonchev–Trinajstić information content (AvgIpc) is 2.39. The summed E-state index contributed by atoms with van der Waals surface area (Å²) in [7, 11) is 0. The highest BCUT2D eigenvalue weighted by molar-refractivity contribution is 5.82. The van der Waals surface area contributed by atoms with E-state index in [1.807, 2.05) is 32.0 Å². The first-order valence-corrected chi connectivity index (χ1v) is 6.63. The van der Waals surface area contributed by atoms with Gasteiger partial charge in [-0.15, -0.1) is 0 Å². The van der Waals surface area contributed by atoms with Crippen molar-refractivity contribution >= 4 is 11.9 Å². The molecule has 0 radical (unpaired) electrons. The van der Waals surface area contributed by atoms with Crippen molar-refractivity contribution < 1.29 is 14.3 Å². The third kappa shape index (κ3) is 3.34. The van der Waals surface area contributed by atoms with Crippen LogP contribution < -0.4 is 4.74 Å². The summed E-state index contributed by atoms with van der Waals surface area (Å²) in [4.78, 5) is 25.4. The van der Waals surface area contributed by atoms with Crippen LogP contribution in [0.25, 0.3) is 0 Å². The summed E-state index contributed by atoms with van der Waals surface area (Å²) in [5.41, 5.74) is 0. The van der Waals surface area contributed by atoms with E-state index >= 15 is 0 Å². The molecule has 1 aromatic carbocycles. The van der Waals surface area contributed by atoms with Gasteiger partial charge in [0.1, 0.15) is 11.5 Å². The number of carbonyl (C=O) groups is 2. The number of piperidine rings is 1. The molecule has 1 heterocycles. The number of rotatable bonds is 2. The summed E-state index contributed by atoms with van der Waals surface area (Å²) < 4.78 is 5.35. The SMILES string of the molecule is CC(C)[C@@H]1CC(=O)CCN1C(=O)Oc1ccccc1. The molecule has 19 heavy (non-hydrogen) atoms. The molecule has 1 saturated heterocycles. The van der Waals surface area contributed by atoms with Gasteiger partial charge in [0.25, 0.3) is 0 Å². The van der Waals surface area contributed by atoms with Gasteiger partial charge in [-0.2, -0.15) is 0 Å². The van der Waals surface area contributed by atoms with Crippen molar-refractivity contribution in [1.82, 2.24) is 4.90 Å². The molecule has 102 valence electrons. The predicted octanol–water partition coefficient (Wildman–Crippen LogP) is 2.87. The molecule has 0 bridgehead atoms. The van der Waals surface area contributed by atoms with Crippen LogP contribution in [0.1, 0.15) is 26.7 Å². The van der Waals surface area contributed by atoms with E-state index in [2.05, 4.69) is 0 Å².